The van der Waals surface area contributed by atoms with Crippen molar-refractivity contribution in [3.05, 3.63) is 70.1 Å². The molecule has 1 unspecified atom stereocenters. The van der Waals surface area contributed by atoms with Crippen LogP contribution in [-0.2, 0) is 11.0 Å². The maximum atomic E-state index is 13.2. The molecule has 0 radical (unpaired) electrons. The molecule has 0 saturated carbocycles. The molecule has 0 bridgehead atoms. The number of nitrogens with zero attached hydrogens (tertiary/aromatic N) is 2. The fourth-order valence-electron chi connectivity index (χ4n) is 2.81. The van der Waals surface area contributed by atoms with Crippen molar-refractivity contribution >= 4 is 22.6 Å². The number of hydrogen-bond donors (Lipinski definition) is 1. The first-order valence-corrected chi connectivity index (χ1v) is 8.14. The SMILES string of the molecule is Cc1cccc(NC(=O)C(C)n2c(=O)c(C(F)(F)F)nc3ccccc32)c1. The number of amides is 1. The lowest BCUT2D eigenvalue weighted by Gasteiger charge is -2.19. The number of para-hydroxylation sites is 2. The number of aromatic nitrogens is 2. The summed E-state index contributed by atoms with van der Waals surface area (Å²) < 4.78 is 40.5. The fraction of sp³-hybridized carbons (Fsp3) is 0.211. The van der Waals surface area contributed by atoms with Crippen LogP contribution < -0.4 is 10.9 Å². The first-order chi connectivity index (χ1) is 12.7. The molecule has 0 aliphatic heterocycles. The lowest BCUT2D eigenvalue weighted by atomic mass is 10.2. The molecule has 3 rings (SSSR count). The van der Waals surface area contributed by atoms with Crippen LogP contribution in [0.5, 0.6) is 0 Å². The molecule has 27 heavy (non-hydrogen) atoms. The Labute approximate surface area is 152 Å². The average molecular weight is 375 g/mol. The van der Waals surface area contributed by atoms with Crippen molar-refractivity contribution in [1.82, 2.24) is 9.55 Å². The van der Waals surface area contributed by atoms with Gasteiger partial charge in [-0.1, -0.05) is 24.3 Å². The van der Waals surface area contributed by atoms with Crippen LogP contribution in [0.15, 0.2) is 53.3 Å². The molecule has 0 fully saturated rings. The van der Waals surface area contributed by atoms with Gasteiger partial charge in [-0.25, -0.2) is 4.98 Å². The van der Waals surface area contributed by atoms with Gasteiger partial charge in [0.25, 0.3) is 5.56 Å². The van der Waals surface area contributed by atoms with Crippen molar-refractivity contribution in [3.8, 4) is 0 Å². The number of nitrogens with one attached hydrogen (secondary N) is 1. The van der Waals surface area contributed by atoms with E-state index in [1.54, 1.807) is 24.3 Å². The first-order valence-electron chi connectivity index (χ1n) is 8.14. The maximum absolute atomic E-state index is 13.2. The van der Waals surface area contributed by atoms with Crippen molar-refractivity contribution in [2.24, 2.45) is 0 Å². The second-order valence-corrected chi connectivity index (χ2v) is 6.16. The van der Waals surface area contributed by atoms with E-state index >= 15 is 0 Å². The molecule has 1 heterocycles. The second-order valence-electron chi connectivity index (χ2n) is 6.16. The highest BCUT2D eigenvalue weighted by Crippen LogP contribution is 2.27. The van der Waals surface area contributed by atoms with Crippen molar-refractivity contribution in [2.75, 3.05) is 5.32 Å². The Morgan fingerprint density at radius 1 is 1.15 bits per heavy atom. The standard InChI is InChI=1S/C19H16F3N3O2/c1-11-6-5-7-13(10-11)23-17(26)12(2)25-15-9-4-3-8-14(15)24-16(18(25)27)19(20,21)22/h3-10,12H,1-2H3,(H,23,26). The largest absolute Gasteiger partial charge is 0.438 e. The Kier molecular flexibility index (Phi) is 4.73. The Morgan fingerprint density at radius 3 is 2.52 bits per heavy atom. The molecular formula is C19H16F3N3O2. The van der Waals surface area contributed by atoms with E-state index in [4.69, 9.17) is 0 Å². The van der Waals surface area contributed by atoms with E-state index in [0.29, 0.717) is 5.69 Å². The highest BCUT2D eigenvalue weighted by molar-refractivity contribution is 5.94. The Balaban J connectivity index is 2.10. The van der Waals surface area contributed by atoms with E-state index in [0.717, 1.165) is 10.1 Å². The number of alkyl halides is 3. The van der Waals surface area contributed by atoms with Gasteiger partial charge in [-0.15, -0.1) is 0 Å². The molecular weight excluding hydrogens is 359 g/mol. The summed E-state index contributed by atoms with van der Waals surface area (Å²) in [5.74, 6) is -0.604. The summed E-state index contributed by atoms with van der Waals surface area (Å²) in [6.45, 7) is 3.22. The summed E-state index contributed by atoms with van der Waals surface area (Å²) in [5, 5.41) is 2.63. The quantitative estimate of drug-likeness (QED) is 0.755. The summed E-state index contributed by atoms with van der Waals surface area (Å²) in [6, 6.07) is 11.7. The van der Waals surface area contributed by atoms with E-state index in [9.17, 15) is 22.8 Å². The van der Waals surface area contributed by atoms with Crippen molar-refractivity contribution in [1.29, 1.82) is 0 Å². The summed E-state index contributed by atoms with van der Waals surface area (Å²) in [4.78, 5) is 28.5. The van der Waals surface area contributed by atoms with Crippen LogP contribution >= 0.6 is 0 Å². The van der Waals surface area contributed by atoms with Crippen LogP contribution in [0.25, 0.3) is 11.0 Å². The normalized spacial score (nSPS) is 12.8. The van der Waals surface area contributed by atoms with Crippen LogP contribution in [0.3, 0.4) is 0 Å². The van der Waals surface area contributed by atoms with E-state index in [1.807, 2.05) is 13.0 Å². The lowest BCUT2D eigenvalue weighted by Crippen LogP contribution is -2.36. The molecule has 1 aromatic heterocycles. The number of fused-ring (bicyclic) bond motifs is 1. The van der Waals surface area contributed by atoms with Crippen LogP contribution in [0.4, 0.5) is 18.9 Å². The molecule has 1 amide bonds. The van der Waals surface area contributed by atoms with Gasteiger partial charge in [0.1, 0.15) is 6.04 Å². The van der Waals surface area contributed by atoms with Crippen molar-refractivity contribution in [2.45, 2.75) is 26.1 Å². The van der Waals surface area contributed by atoms with E-state index in [2.05, 4.69) is 10.3 Å². The smallest absolute Gasteiger partial charge is 0.324 e. The molecule has 140 valence electrons. The minimum atomic E-state index is -4.92. The molecule has 8 heteroatoms. The zero-order valence-corrected chi connectivity index (χ0v) is 14.5. The predicted octanol–water partition coefficient (Wildman–Crippen LogP) is 3.92. The number of carbonyl (C=O) groups is 1. The second kappa shape index (κ2) is 6.86. The van der Waals surface area contributed by atoms with Crippen LogP contribution in [-0.4, -0.2) is 15.5 Å². The van der Waals surface area contributed by atoms with Crippen LogP contribution in [0, 0.1) is 6.92 Å². The zero-order valence-electron chi connectivity index (χ0n) is 14.5. The van der Waals surface area contributed by atoms with Gasteiger partial charge in [-0.3, -0.25) is 14.2 Å². The number of aryl methyl sites for hydroxylation is 1. The van der Waals surface area contributed by atoms with Gasteiger partial charge in [-0.2, -0.15) is 13.2 Å². The Bertz CT molecular complexity index is 1070. The molecule has 2 aromatic carbocycles. The lowest BCUT2D eigenvalue weighted by molar-refractivity contribution is -0.142. The number of anilines is 1. The minimum Gasteiger partial charge on any atom is -0.324 e. The molecule has 3 aromatic rings. The molecule has 0 aliphatic rings. The van der Waals surface area contributed by atoms with E-state index < -0.39 is 29.4 Å². The molecule has 5 nitrogen and oxygen atoms in total. The van der Waals surface area contributed by atoms with E-state index in [-0.39, 0.29) is 11.0 Å². The van der Waals surface area contributed by atoms with Gasteiger partial charge in [-0.05, 0) is 43.7 Å². The van der Waals surface area contributed by atoms with Crippen LogP contribution in [0.1, 0.15) is 24.2 Å². The van der Waals surface area contributed by atoms with Gasteiger partial charge < -0.3 is 5.32 Å². The van der Waals surface area contributed by atoms with Crippen molar-refractivity contribution < 1.29 is 18.0 Å². The molecule has 1 atom stereocenters. The number of hydrogen-bond acceptors (Lipinski definition) is 3. The third-order valence-corrected chi connectivity index (χ3v) is 4.12. The number of benzene rings is 2. The van der Waals surface area contributed by atoms with Gasteiger partial charge in [0.05, 0.1) is 11.0 Å². The first kappa shape index (κ1) is 18.6. The Hall–Kier alpha value is -3.16. The fourth-order valence-corrected chi connectivity index (χ4v) is 2.81. The minimum absolute atomic E-state index is 0.0142. The van der Waals surface area contributed by atoms with Gasteiger partial charge in [0.15, 0.2) is 0 Å². The topological polar surface area (TPSA) is 64.0 Å². The molecule has 0 aliphatic carbocycles. The van der Waals surface area contributed by atoms with Crippen molar-refractivity contribution in [3.63, 3.8) is 0 Å². The van der Waals surface area contributed by atoms with Gasteiger partial charge >= 0.3 is 6.18 Å². The molecule has 1 N–H and O–H groups in total. The van der Waals surface area contributed by atoms with E-state index in [1.165, 1.54) is 25.1 Å². The molecule has 0 saturated heterocycles. The van der Waals surface area contributed by atoms with Gasteiger partial charge in [0.2, 0.25) is 11.6 Å². The third kappa shape index (κ3) is 3.69. The molecule has 0 spiro atoms. The average Bonchev–Trinajstić information content (AvgIpc) is 2.59. The number of halogens is 3. The monoisotopic (exact) mass is 375 g/mol. The summed E-state index contributed by atoms with van der Waals surface area (Å²) in [6.07, 6.45) is -4.92. The predicted molar refractivity (Wildman–Crippen MR) is 95.5 cm³/mol. The summed E-state index contributed by atoms with van der Waals surface area (Å²) in [5.41, 5.74) is -1.35. The highest BCUT2D eigenvalue weighted by Gasteiger charge is 2.38. The number of carbonyl (C=O) groups excluding carboxylic acids is 1. The zero-order chi connectivity index (χ0) is 19.8. The van der Waals surface area contributed by atoms with Crippen LogP contribution in [0.2, 0.25) is 0 Å². The Morgan fingerprint density at radius 2 is 1.85 bits per heavy atom. The highest BCUT2D eigenvalue weighted by atomic mass is 19.4. The summed E-state index contributed by atoms with van der Waals surface area (Å²) in [7, 11) is 0. The van der Waals surface area contributed by atoms with Gasteiger partial charge in [0, 0.05) is 5.69 Å². The summed E-state index contributed by atoms with van der Waals surface area (Å²) >= 11 is 0. The maximum Gasteiger partial charge on any atom is 0.438 e. The number of rotatable bonds is 3. The third-order valence-electron chi connectivity index (χ3n) is 4.12.